The molecule has 1 aromatic rings. The Balaban J connectivity index is 2.37. The van der Waals surface area contributed by atoms with E-state index < -0.39 is 5.41 Å². The predicted molar refractivity (Wildman–Crippen MR) is 76.9 cm³/mol. The number of amides is 2. The first-order chi connectivity index (χ1) is 8.80. The van der Waals surface area contributed by atoms with Crippen LogP contribution in [0.15, 0.2) is 24.3 Å². The van der Waals surface area contributed by atoms with Gasteiger partial charge in [-0.3, -0.25) is 9.59 Å². The highest BCUT2D eigenvalue weighted by atomic mass is 16.2. The molecular formula is C15H22N2O2. The van der Waals surface area contributed by atoms with Gasteiger partial charge in [0.05, 0.1) is 0 Å². The first-order valence-electron chi connectivity index (χ1n) is 6.44. The molecule has 4 heteroatoms. The minimum atomic E-state index is -0.424. The van der Waals surface area contributed by atoms with Crippen LogP contribution in [0.2, 0.25) is 0 Å². The lowest BCUT2D eigenvalue weighted by Crippen LogP contribution is -2.36. The molecule has 0 heterocycles. The van der Waals surface area contributed by atoms with Crippen LogP contribution in [-0.2, 0) is 9.59 Å². The first-order valence-corrected chi connectivity index (χ1v) is 6.44. The van der Waals surface area contributed by atoms with E-state index in [2.05, 4.69) is 10.6 Å². The number of para-hydroxylation sites is 1. The molecule has 104 valence electrons. The Bertz CT molecular complexity index is 461. The summed E-state index contributed by atoms with van der Waals surface area (Å²) in [5, 5.41) is 5.59. The van der Waals surface area contributed by atoms with Gasteiger partial charge < -0.3 is 10.6 Å². The summed E-state index contributed by atoms with van der Waals surface area (Å²) in [6, 6.07) is 7.61. The molecule has 2 N–H and O–H groups in total. The molecule has 0 aliphatic rings. The maximum Gasteiger partial charge on any atom is 0.226 e. The van der Waals surface area contributed by atoms with Crippen LogP contribution in [0.1, 0.15) is 32.8 Å². The molecule has 0 radical (unpaired) electrons. The van der Waals surface area contributed by atoms with Gasteiger partial charge in [-0.25, -0.2) is 0 Å². The van der Waals surface area contributed by atoms with E-state index in [-0.39, 0.29) is 18.2 Å². The maximum atomic E-state index is 11.7. The van der Waals surface area contributed by atoms with Crippen LogP contribution in [0.3, 0.4) is 0 Å². The van der Waals surface area contributed by atoms with Crippen molar-refractivity contribution in [1.29, 1.82) is 0 Å². The summed E-state index contributed by atoms with van der Waals surface area (Å²) >= 11 is 0. The summed E-state index contributed by atoms with van der Waals surface area (Å²) in [7, 11) is 0. The second kappa shape index (κ2) is 6.36. The van der Waals surface area contributed by atoms with Crippen molar-refractivity contribution in [2.75, 3.05) is 11.9 Å². The van der Waals surface area contributed by atoms with Crippen molar-refractivity contribution in [2.24, 2.45) is 5.41 Å². The van der Waals surface area contributed by atoms with Crippen molar-refractivity contribution in [3.05, 3.63) is 29.8 Å². The van der Waals surface area contributed by atoms with E-state index in [1.807, 2.05) is 52.0 Å². The van der Waals surface area contributed by atoms with E-state index in [1.165, 1.54) is 0 Å². The van der Waals surface area contributed by atoms with Gasteiger partial charge in [-0.1, -0.05) is 39.0 Å². The summed E-state index contributed by atoms with van der Waals surface area (Å²) in [6.07, 6.45) is 0.274. The van der Waals surface area contributed by atoms with Gasteiger partial charge in [0.25, 0.3) is 0 Å². The summed E-state index contributed by atoms with van der Waals surface area (Å²) in [5.41, 5.74) is 1.41. The molecule has 0 aliphatic heterocycles. The van der Waals surface area contributed by atoms with E-state index in [9.17, 15) is 9.59 Å². The van der Waals surface area contributed by atoms with Crippen LogP contribution in [0.4, 0.5) is 5.69 Å². The molecule has 0 unspecified atom stereocenters. The van der Waals surface area contributed by atoms with Crippen molar-refractivity contribution in [2.45, 2.75) is 34.1 Å². The van der Waals surface area contributed by atoms with E-state index in [1.54, 1.807) is 0 Å². The molecule has 0 aromatic heterocycles. The average molecular weight is 262 g/mol. The summed E-state index contributed by atoms with van der Waals surface area (Å²) in [6.45, 7) is 7.83. The normalized spacial score (nSPS) is 10.9. The van der Waals surface area contributed by atoms with Gasteiger partial charge in [0.2, 0.25) is 11.8 Å². The monoisotopic (exact) mass is 262 g/mol. The number of hydrogen-bond donors (Lipinski definition) is 2. The zero-order valence-electron chi connectivity index (χ0n) is 12.0. The van der Waals surface area contributed by atoms with Gasteiger partial charge >= 0.3 is 0 Å². The van der Waals surface area contributed by atoms with Crippen LogP contribution >= 0.6 is 0 Å². The van der Waals surface area contributed by atoms with Crippen LogP contribution in [0, 0.1) is 12.3 Å². The average Bonchev–Trinajstić information content (AvgIpc) is 2.31. The molecule has 0 bridgehead atoms. The third kappa shape index (κ3) is 5.12. The Kier molecular flexibility index (Phi) is 5.10. The fraction of sp³-hybridized carbons (Fsp3) is 0.467. The molecule has 4 nitrogen and oxygen atoms in total. The highest BCUT2D eigenvalue weighted by molar-refractivity contribution is 5.92. The Morgan fingerprint density at radius 2 is 1.79 bits per heavy atom. The Hall–Kier alpha value is -1.84. The molecule has 0 spiro atoms. The number of carbonyl (C=O) groups excluding carboxylic acids is 2. The van der Waals surface area contributed by atoms with Crippen molar-refractivity contribution in [3.8, 4) is 0 Å². The molecule has 0 aliphatic carbocycles. The lowest BCUT2D eigenvalue weighted by molar-refractivity contribution is -0.128. The second-order valence-corrected chi connectivity index (χ2v) is 5.62. The molecule has 19 heavy (non-hydrogen) atoms. The highest BCUT2D eigenvalue weighted by Gasteiger charge is 2.20. The molecule has 1 rings (SSSR count). The number of nitrogens with one attached hydrogen (secondary N) is 2. The predicted octanol–water partition coefficient (Wildman–Crippen LogP) is 2.49. The smallest absolute Gasteiger partial charge is 0.226 e. The van der Waals surface area contributed by atoms with E-state index in [4.69, 9.17) is 0 Å². The fourth-order valence-electron chi connectivity index (χ4n) is 1.48. The van der Waals surface area contributed by atoms with Crippen LogP contribution in [0.25, 0.3) is 0 Å². The van der Waals surface area contributed by atoms with Gasteiger partial charge in [0.1, 0.15) is 0 Å². The first kappa shape index (κ1) is 15.2. The minimum absolute atomic E-state index is 0.0452. The lowest BCUT2D eigenvalue weighted by Gasteiger charge is -2.17. The van der Waals surface area contributed by atoms with E-state index in [0.717, 1.165) is 11.3 Å². The standard InChI is InChI=1S/C15H22N2O2/c1-11-7-5-6-8-12(11)17-13(18)9-10-16-14(19)15(2,3)4/h5-8H,9-10H2,1-4H3,(H,16,19)(H,17,18). The van der Waals surface area contributed by atoms with Gasteiger partial charge in [0.15, 0.2) is 0 Å². The number of rotatable bonds is 4. The number of hydrogen-bond acceptors (Lipinski definition) is 2. The zero-order valence-corrected chi connectivity index (χ0v) is 12.0. The lowest BCUT2D eigenvalue weighted by atomic mass is 9.96. The quantitative estimate of drug-likeness (QED) is 0.875. The number of benzene rings is 1. The maximum absolute atomic E-state index is 11.7. The van der Waals surface area contributed by atoms with Crippen LogP contribution < -0.4 is 10.6 Å². The number of carbonyl (C=O) groups is 2. The van der Waals surface area contributed by atoms with Gasteiger partial charge in [-0.15, -0.1) is 0 Å². The zero-order chi connectivity index (χ0) is 14.5. The van der Waals surface area contributed by atoms with Crippen molar-refractivity contribution >= 4 is 17.5 Å². The molecule has 0 saturated heterocycles. The SMILES string of the molecule is Cc1ccccc1NC(=O)CCNC(=O)C(C)(C)C. The largest absolute Gasteiger partial charge is 0.355 e. The third-order valence-electron chi connectivity index (χ3n) is 2.74. The van der Waals surface area contributed by atoms with Crippen molar-refractivity contribution in [3.63, 3.8) is 0 Å². The van der Waals surface area contributed by atoms with E-state index in [0.29, 0.717) is 6.54 Å². The molecule has 0 fully saturated rings. The highest BCUT2D eigenvalue weighted by Crippen LogP contribution is 2.14. The minimum Gasteiger partial charge on any atom is -0.355 e. The molecule has 0 atom stereocenters. The van der Waals surface area contributed by atoms with Crippen molar-refractivity contribution < 1.29 is 9.59 Å². The molecule has 2 amide bonds. The summed E-state index contributed by atoms with van der Waals surface area (Å²) in [4.78, 5) is 23.3. The summed E-state index contributed by atoms with van der Waals surface area (Å²) in [5.74, 6) is -0.139. The Morgan fingerprint density at radius 3 is 2.37 bits per heavy atom. The Morgan fingerprint density at radius 1 is 1.16 bits per heavy atom. The van der Waals surface area contributed by atoms with Crippen molar-refractivity contribution in [1.82, 2.24) is 5.32 Å². The Labute approximate surface area is 114 Å². The number of aryl methyl sites for hydroxylation is 1. The fourth-order valence-corrected chi connectivity index (χ4v) is 1.48. The molecule has 1 aromatic carbocycles. The van der Waals surface area contributed by atoms with Gasteiger partial charge in [-0.2, -0.15) is 0 Å². The van der Waals surface area contributed by atoms with Gasteiger partial charge in [0, 0.05) is 24.1 Å². The van der Waals surface area contributed by atoms with Crippen LogP contribution in [-0.4, -0.2) is 18.4 Å². The van der Waals surface area contributed by atoms with Gasteiger partial charge in [-0.05, 0) is 18.6 Å². The van der Waals surface area contributed by atoms with E-state index >= 15 is 0 Å². The second-order valence-electron chi connectivity index (χ2n) is 5.62. The topological polar surface area (TPSA) is 58.2 Å². The van der Waals surface area contributed by atoms with Crippen LogP contribution in [0.5, 0.6) is 0 Å². The summed E-state index contributed by atoms with van der Waals surface area (Å²) < 4.78 is 0. The number of anilines is 1. The molecule has 0 saturated carbocycles. The third-order valence-corrected chi connectivity index (χ3v) is 2.74. The molecular weight excluding hydrogens is 240 g/mol.